The Kier molecular flexibility index (Phi) is 4.31. The van der Waals surface area contributed by atoms with Crippen LogP contribution in [0.15, 0.2) is 55.0 Å². The Morgan fingerprint density at radius 2 is 2.09 bits per heavy atom. The highest BCUT2D eigenvalue weighted by molar-refractivity contribution is 6.01. The van der Waals surface area contributed by atoms with Gasteiger partial charge < -0.3 is 14.5 Å². The van der Waals surface area contributed by atoms with Gasteiger partial charge in [0.1, 0.15) is 18.7 Å². The van der Waals surface area contributed by atoms with Crippen molar-refractivity contribution in [2.24, 2.45) is 0 Å². The topological polar surface area (TPSA) is 78.9 Å². The molecule has 1 saturated heterocycles. The summed E-state index contributed by atoms with van der Waals surface area (Å²) >= 11 is 0. The van der Waals surface area contributed by atoms with Gasteiger partial charge in [-0.1, -0.05) is 18.2 Å². The monoisotopic (exact) mass is 462 g/mol. The molecule has 1 unspecified atom stereocenters. The fraction of sp³-hybridized carbons (Fsp3) is 0.231. The Morgan fingerprint density at radius 1 is 1.14 bits per heavy atom. The number of hydrogen-bond donors (Lipinski definition) is 1. The minimum Gasteiger partial charge on any atom is -0.489 e. The first-order chi connectivity index (χ1) is 17.2. The van der Waals surface area contributed by atoms with E-state index in [9.17, 15) is 0 Å². The Labute approximate surface area is 201 Å². The summed E-state index contributed by atoms with van der Waals surface area (Å²) in [6.07, 6.45) is 3.56. The van der Waals surface area contributed by atoms with Crippen LogP contribution in [-0.2, 0) is 0 Å². The number of aromatic amines is 1. The van der Waals surface area contributed by atoms with Crippen LogP contribution in [0.4, 0.5) is 11.4 Å². The van der Waals surface area contributed by atoms with Gasteiger partial charge >= 0.3 is 0 Å². The summed E-state index contributed by atoms with van der Waals surface area (Å²) in [4.78, 5) is 8.61. The van der Waals surface area contributed by atoms with Crippen LogP contribution in [0.5, 0.6) is 5.75 Å². The van der Waals surface area contributed by atoms with Gasteiger partial charge in [-0.15, -0.1) is 10.2 Å². The zero-order valence-electron chi connectivity index (χ0n) is 19.1. The molecule has 1 atom stereocenters. The quantitative estimate of drug-likeness (QED) is 0.400. The molecule has 0 saturated carbocycles. The molecule has 9 nitrogen and oxygen atoms in total. The normalized spacial score (nSPS) is 17.7. The van der Waals surface area contributed by atoms with Crippen molar-refractivity contribution in [1.29, 1.82) is 0 Å². The van der Waals surface area contributed by atoms with Gasteiger partial charge in [0, 0.05) is 42.3 Å². The molecule has 0 radical (unpaired) electrons. The van der Waals surface area contributed by atoms with Crippen molar-refractivity contribution in [3.63, 3.8) is 0 Å². The predicted octanol–water partition coefficient (Wildman–Crippen LogP) is 4.00. The summed E-state index contributed by atoms with van der Waals surface area (Å²) in [6, 6.07) is 14.5. The number of piperazine rings is 1. The number of aromatic nitrogens is 5. The molecule has 2 aliphatic rings. The summed E-state index contributed by atoms with van der Waals surface area (Å²) in [5, 5.41) is 17.0. The van der Waals surface area contributed by atoms with Crippen LogP contribution in [0.2, 0.25) is 0 Å². The Balaban J connectivity index is 1.35. The molecule has 172 valence electrons. The average molecular weight is 463 g/mol. The maximum atomic E-state index is 7.77. The van der Waals surface area contributed by atoms with Gasteiger partial charge in [0.25, 0.3) is 0 Å². The van der Waals surface area contributed by atoms with Crippen LogP contribution in [0.25, 0.3) is 43.8 Å². The van der Waals surface area contributed by atoms with Gasteiger partial charge in [0.05, 0.1) is 29.5 Å². The maximum Gasteiger partial charge on any atom is 0.197 e. The van der Waals surface area contributed by atoms with Gasteiger partial charge in [-0.3, -0.25) is 9.50 Å². The van der Waals surface area contributed by atoms with Gasteiger partial charge in [-0.25, -0.2) is 4.85 Å². The van der Waals surface area contributed by atoms with E-state index in [0.717, 1.165) is 64.4 Å². The van der Waals surface area contributed by atoms with E-state index in [2.05, 4.69) is 60.3 Å². The van der Waals surface area contributed by atoms with Gasteiger partial charge in [0.2, 0.25) is 0 Å². The Morgan fingerprint density at radius 3 is 3.00 bits per heavy atom. The highest BCUT2D eigenvalue weighted by atomic mass is 16.5. The summed E-state index contributed by atoms with van der Waals surface area (Å²) in [5.41, 5.74) is 6.70. The van der Waals surface area contributed by atoms with Crippen LogP contribution in [0.1, 0.15) is 0 Å². The SMILES string of the molecule is [C-]#[N+]c1cc2[nH]nc(-c3ccc4c(c3)OCC3CN(C)CCN43)c2cc1-c1cccn2cnnc12. The molecule has 1 N–H and O–H groups in total. The van der Waals surface area contributed by atoms with E-state index in [4.69, 9.17) is 11.3 Å². The largest absolute Gasteiger partial charge is 0.489 e. The van der Waals surface area contributed by atoms with Crippen LogP contribution in [-0.4, -0.2) is 69.0 Å². The Bertz CT molecular complexity index is 1640. The minimum atomic E-state index is 0.382. The molecule has 0 spiro atoms. The first-order valence-electron chi connectivity index (χ1n) is 11.6. The number of likely N-dealkylation sites (N-methyl/N-ethyl adjacent to an activating group) is 1. The number of nitrogens with one attached hydrogen (secondary N) is 1. The van der Waals surface area contributed by atoms with E-state index in [-0.39, 0.29) is 0 Å². The number of hydrogen-bond acceptors (Lipinski definition) is 6. The van der Waals surface area contributed by atoms with E-state index in [1.165, 1.54) is 0 Å². The molecule has 2 aliphatic heterocycles. The van der Waals surface area contributed by atoms with Crippen molar-refractivity contribution >= 4 is 27.9 Å². The summed E-state index contributed by atoms with van der Waals surface area (Å²) < 4.78 is 8.05. The number of nitrogens with zero attached hydrogens (tertiary/aromatic N) is 7. The highest BCUT2D eigenvalue weighted by Crippen LogP contribution is 2.41. The zero-order valence-corrected chi connectivity index (χ0v) is 19.1. The van der Waals surface area contributed by atoms with Crippen LogP contribution in [0, 0.1) is 6.57 Å². The lowest BCUT2D eigenvalue weighted by Crippen LogP contribution is -2.56. The lowest BCUT2D eigenvalue weighted by molar-refractivity contribution is 0.188. The van der Waals surface area contributed by atoms with Gasteiger partial charge in [-0.05, 0) is 36.9 Å². The number of anilines is 1. The van der Waals surface area contributed by atoms with E-state index in [1.54, 1.807) is 6.33 Å². The summed E-state index contributed by atoms with van der Waals surface area (Å²) in [5.74, 6) is 0.894. The molecule has 7 rings (SSSR count). The lowest BCUT2D eigenvalue weighted by Gasteiger charge is -2.44. The third kappa shape index (κ3) is 3.07. The Hall–Kier alpha value is -4.42. The third-order valence-electron chi connectivity index (χ3n) is 7.07. The van der Waals surface area contributed by atoms with E-state index < -0.39 is 0 Å². The molecule has 5 aromatic rings. The number of benzene rings is 2. The second kappa shape index (κ2) is 7.55. The molecule has 0 bridgehead atoms. The first kappa shape index (κ1) is 20.0. The van der Waals surface area contributed by atoms with Crippen molar-refractivity contribution in [3.05, 3.63) is 66.4 Å². The molecule has 3 aromatic heterocycles. The van der Waals surface area contributed by atoms with Crippen molar-refractivity contribution in [3.8, 4) is 28.1 Å². The number of H-pyrrole nitrogens is 1. The first-order valence-corrected chi connectivity index (χ1v) is 11.6. The summed E-state index contributed by atoms with van der Waals surface area (Å²) in [6.45, 7) is 11.5. The van der Waals surface area contributed by atoms with Crippen molar-refractivity contribution in [2.45, 2.75) is 6.04 Å². The fourth-order valence-corrected chi connectivity index (χ4v) is 5.31. The van der Waals surface area contributed by atoms with Crippen molar-refractivity contribution in [1.82, 2.24) is 29.7 Å². The second-order valence-corrected chi connectivity index (χ2v) is 9.19. The molecule has 1 fully saturated rings. The smallest absolute Gasteiger partial charge is 0.197 e. The second-order valence-electron chi connectivity index (χ2n) is 9.19. The molecule has 2 aromatic carbocycles. The summed E-state index contributed by atoms with van der Waals surface area (Å²) in [7, 11) is 2.16. The minimum absolute atomic E-state index is 0.382. The van der Waals surface area contributed by atoms with E-state index in [0.29, 0.717) is 24.0 Å². The molecular formula is C26H22N8O. The number of ether oxygens (including phenoxy) is 1. The fourth-order valence-electron chi connectivity index (χ4n) is 5.31. The number of fused-ring (bicyclic) bond motifs is 5. The van der Waals surface area contributed by atoms with Crippen molar-refractivity contribution in [2.75, 3.05) is 38.2 Å². The van der Waals surface area contributed by atoms with Crippen LogP contribution < -0.4 is 9.64 Å². The third-order valence-corrected chi connectivity index (χ3v) is 7.07. The van der Waals surface area contributed by atoms with E-state index in [1.807, 2.05) is 34.9 Å². The highest BCUT2D eigenvalue weighted by Gasteiger charge is 2.32. The predicted molar refractivity (Wildman–Crippen MR) is 134 cm³/mol. The van der Waals surface area contributed by atoms with Crippen molar-refractivity contribution < 1.29 is 4.74 Å². The zero-order chi connectivity index (χ0) is 23.5. The molecule has 0 aliphatic carbocycles. The molecule has 5 heterocycles. The van der Waals surface area contributed by atoms with Gasteiger partial charge in [-0.2, -0.15) is 5.10 Å². The lowest BCUT2D eigenvalue weighted by atomic mass is 9.99. The van der Waals surface area contributed by atoms with E-state index >= 15 is 0 Å². The van der Waals surface area contributed by atoms with Gasteiger partial charge in [0.15, 0.2) is 11.3 Å². The molecule has 0 amide bonds. The maximum absolute atomic E-state index is 7.77. The number of rotatable bonds is 2. The standard InChI is InChI=1S/C26H22N8O/c1-27-21-12-22-20(11-19(21)18-4-3-7-33-15-28-31-26(18)33)25(30-29-22)16-5-6-23-24(10-16)35-14-17-13-32(2)8-9-34(17)23/h3-7,10-12,15,17H,8-9,13-14H2,2H3,(H,29,30). The van der Waals surface area contributed by atoms with Crippen LogP contribution >= 0.6 is 0 Å². The average Bonchev–Trinajstić information content (AvgIpc) is 3.54. The molecule has 9 heteroatoms. The van der Waals surface area contributed by atoms with Crippen LogP contribution in [0.3, 0.4) is 0 Å². The molecular weight excluding hydrogens is 440 g/mol. The molecule has 35 heavy (non-hydrogen) atoms. The number of pyridine rings is 1.